The number of amides is 1. The minimum Gasteiger partial charge on any atom is -0.508 e. The van der Waals surface area contributed by atoms with E-state index < -0.39 is 0 Å². The largest absolute Gasteiger partial charge is 0.508 e. The fourth-order valence-corrected chi connectivity index (χ4v) is 2.00. The molecule has 0 aliphatic heterocycles. The summed E-state index contributed by atoms with van der Waals surface area (Å²) >= 11 is 0. The third-order valence-corrected chi connectivity index (χ3v) is 3.23. The third-order valence-electron chi connectivity index (χ3n) is 3.23. The topological polar surface area (TPSA) is 49.3 Å². The van der Waals surface area contributed by atoms with Crippen LogP contribution in [0.15, 0.2) is 18.2 Å². The molecule has 2 rings (SSSR count). The van der Waals surface area contributed by atoms with Gasteiger partial charge in [0, 0.05) is 12.1 Å². The maximum absolute atomic E-state index is 11.8. The Balaban J connectivity index is 1.81. The highest BCUT2D eigenvalue weighted by atomic mass is 16.3. The minimum atomic E-state index is -0.0432. The van der Waals surface area contributed by atoms with Gasteiger partial charge in [0.15, 0.2) is 0 Å². The number of hydrogen-bond donors (Lipinski definition) is 2. The van der Waals surface area contributed by atoms with E-state index in [1.807, 2.05) is 6.92 Å². The molecule has 0 heterocycles. The fourth-order valence-electron chi connectivity index (χ4n) is 2.00. The Hall–Kier alpha value is -1.51. The summed E-state index contributed by atoms with van der Waals surface area (Å²) in [7, 11) is 0. The second-order valence-electron chi connectivity index (χ2n) is 4.84. The molecule has 1 aromatic rings. The Kier molecular flexibility index (Phi) is 3.67. The lowest BCUT2D eigenvalue weighted by atomic mass is 10.1. The zero-order chi connectivity index (χ0) is 12.3. The molecule has 92 valence electrons. The second-order valence-corrected chi connectivity index (χ2v) is 4.84. The molecule has 0 atom stereocenters. The van der Waals surface area contributed by atoms with Crippen LogP contribution < -0.4 is 5.32 Å². The van der Waals surface area contributed by atoms with E-state index in [0.717, 1.165) is 24.4 Å². The molecule has 3 nitrogen and oxygen atoms in total. The van der Waals surface area contributed by atoms with Crippen molar-refractivity contribution >= 4 is 5.91 Å². The highest BCUT2D eigenvalue weighted by Gasteiger charge is 2.20. The van der Waals surface area contributed by atoms with E-state index in [1.165, 1.54) is 19.3 Å². The first-order valence-corrected chi connectivity index (χ1v) is 6.24. The Morgan fingerprint density at radius 3 is 2.88 bits per heavy atom. The fraction of sp³-hybridized carbons (Fsp3) is 0.500. The van der Waals surface area contributed by atoms with Crippen molar-refractivity contribution in [3.05, 3.63) is 29.3 Å². The molecular formula is C14H19NO2. The molecular weight excluding hydrogens is 214 g/mol. The molecule has 1 saturated carbocycles. The van der Waals surface area contributed by atoms with Crippen LogP contribution in [0.3, 0.4) is 0 Å². The maximum Gasteiger partial charge on any atom is 0.251 e. The van der Waals surface area contributed by atoms with E-state index in [4.69, 9.17) is 0 Å². The van der Waals surface area contributed by atoms with Crippen LogP contribution in [-0.2, 0) is 0 Å². The molecule has 1 amide bonds. The van der Waals surface area contributed by atoms with Crippen molar-refractivity contribution in [1.82, 2.24) is 5.32 Å². The number of carbonyl (C=O) groups is 1. The lowest BCUT2D eigenvalue weighted by Gasteiger charge is -2.07. The predicted molar refractivity (Wildman–Crippen MR) is 67.1 cm³/mol. The molecule has 0 aromatic heterocycles. The summed E-state index contributed by atoms with van der Waals surface area (Å²) in [4.78, 5) is 11.8. The smallest absolute Gasteiger partial charge is 0.251 e. The molecule has 1 aliphatic rings. The summed E-state index contributed by atoms with van der Waals surface area (Å²) in [6, 6.07) is 4.83. The maximum atomic E-state index is 11.8. The van der Waals surface area contributed by atoms with Gasteiger partial charge in [-0.3, -0.25) is 4.79 Å². The van der Waals surface area contributed by atoms with Gasteiger partial charge < -0.3 is 10.4 Å². The van der Waals surface area contributed by atoms with Gasteiger partial charge in [0.05, 0.1) is 0 Å². The SMILES string of the molecule is Cc1cc(O)ccc1C(=O)NCCCC1CC1. The van der Waals surface area contributed by atoms with Crippen LogP contribution in [0.25, 0.3) is 0 Å². The first kappa shape index (κ1) is 12.0. The van der Waals surface area contributed by atoms with Crippen molar-refractivity contribution in [3.63, 3.8) is 0 Å². The van der Waals surface area contributed by atoms with E-state index in [-0.39, 0.29) is 11.7 Å². The molecule has 17 heavy (non-hydrogen) atoms. The van der Waals surface area contributed by atoms with Crippen molar-refractivity contribution < 1.29 is 9.90 Å². The first-order chi connectivity index (χ1) is 8.16. The molecule has 1 aromatic carbocycles. The average Bonchev–Trinajstić information content (AvgIpc) is 3.08. The zero-order valence-electron chi connectivity index (χ0n) is 10.2. The van der Waals surface area contributed by atoms with Crippen molar-refractivity contribution in [3.8, 4) is 5.75 Å². The molecule has 0 radical (unpaired) electrons. The number of phenols is 1. The van der Waals surface area contributed by atoms with Crippen LogP contribution in [0.1, 0.15) is 41.6 Å². The van der Waals surface area contributed by atoms with Crippen LogP contribution in [0.2, 0.25) is 0 Å². The van der Waals surface area contributed by atoms with Gasteiger partial charge in [0.2, 0.25) is 0 Å². The number of rotatable bonds is 5. The van der Waals surface area contributed by atoms with Gasteiger partial charge in [0.1, 0.15) is 5.75 Å². The van der Waals surface area contributed by atoms with Crippen molar-refractivity contribution in [2.45, 2.75) is 32.6 Å². The molecule has 0 spiro atoms. The summed E-state index contributed by atoms with van der Waals surface area (Å²) in [6.45, 7) is 2.58. The molecule has 0 saturated heterocycles. The van der Waals surface area contributed by atoms with E-state index in [9.17, 15) is 9.90 Å². The minimum absolute atomic E-state index is 0.0432. The van der Waals surface area contributed by atoms with Crippen molar-refractivity contribution in [2.75, 3.05) is 6.54 Å². The van der Waals surface area contributed by atoms with Gasteiger partial charge in [-0.2, -0.15) is 0 Å². The van der Waals surface area contributed by atoms with Gasteiger partial charge >= 0.3 is 0 Å². The number of phenolic OH excluding ortho intramolecular Hbond substituents is 1. The number of carbonyl (C=O) groups excluding carboxylic acids is 1. The monoisotopic (exact) mass is 233 g/mol. The van der Waals surface area contributed by atoms with E-state index in [1.54, 1.807) is 18.2 Å². The summed E-state index contributed by atoms with van der Waals surface area (Å²) < 4.78 is 0. The number of benzene rings is 1. The molecule has 1 fully saturated rings. The zero-order valence-corrected chi connectivity index (χ0v) is 10.2. The average molecular weight is 233 g/mol. The van der Waals surface area contributed by atoms with Gasteiger partial charge in [-0.25, -0.2) is 0 Å². The van der Waals surface area contributed by atoms with Crippen LogP contribution >= 0.6 is 0 Å². The Bertz CT molecular complexity index is 411. The molecule has 0 unspecified atom stereocenters. The number of aryl methyl sites for hydroxylation is 1. The Morgan fingerprint density at radius 1 is 1.47 bits per heavy atom. The van der Waals surface area contributed by atoms with E-state index in [2.05, 4.69) is 5.32 Å². The van der Waals surface area contributed by atoms with Crippen LogP contribution in [0.5, 0.6) is 5.75 Å². The van der Waals surface area contributed by atoms with Gasteiger partial charge in [-0.05, 0) is 49.4 Å². The number of nitrogens with one attached hydrogen (secondary N) is 1. The normalized spacial score (nSPS) is 14.6. The third kappa shape index (κ3) is 3.48. The van der Waals surface area contributed by atoms with Gasteiger partial charge in [-0.1, -0.05) is 12.8 Å². The summed E-state index contributed by atoms with van der Waals surface area (Å²) in [6.07, 6.45) is 5.03. The van der Waals surface area contributed by atoms with Crippen LogP contribution in [0.4, 0.5) is 0 Å². The Morgan fingerprint density at radius 2 is 2.24 bits per heavy atom. The predicted octanol–water partition coefficient (Wildman–Crippen LogP) is 2.62. The molecule has 0 bridgehead atoms. The Labute approximate surface area is 102 Å². The van der Waals surface area contributed by atoms with Crippen LogP contribution in [0, 0.1) is 12.8 Å². The lowest BCUT2D eigenvalue weighted by Crippen LogP contribution is -2.25. The number of hydrogen-bond acceptors (Lipinski definition) is 2. The summed E-state index contributed by atoms with van der Waals surface area (Å²) in [5.74, 6) is 1.08. The number of aromatic hydroxyl groups is 1. The second kappa shape index (κ2) is 5.21. The van der Waals surface area contributed by atoms with Crippen molar-refractivity contribution in [1.29, 1.82) is 0 Å². The van der Waals surface area contributed by atoms with Gasteiger partial charge in [0.25, 0.3) is 5.91 Å². The lowest BCUT2D eigenvalue weighted by molar-refractivity contribution is 0.0952. The van der Waals surface area contributed by atoms with Gasteiger partial charge in [-0.15, -0.1) is 0 Å². The van der Waals surface area contributed by atoms with E-state index >= 15 is 0 Å². The summed E-state index contributed by atoms with van der Waals surface area (Å²) in [5, 5.41) is 12.2. The highest BCUT2D eigenvalue weighted by molar-refractivity contribution is 5.95. The molecule has 3 heteroatoms. The van der Waals surface area contributed by atoms with Crippen LogP contribution in [-0.4, -0.2) is 17.6 Å². The highest BCUT2D eigenvalue weighted by Crippen LogP contribution is 2.33. The quantitative estimate of drug-likeness (QED) is 0.768. The molecule has 2 N–H and O–H groups in total. The summed E-state index contributed by atoms with van der Waals surface area (Å²) in [5.41, 5.74) is 1.46. The first-order valence-electron chi connectivity index (χ1n) is 6.24. The van der Waals surface area contributed by atoms with Crippen molar-refractivity contribution in [2.24, 2.45) is 5.92 Å². The molecule has 1 aliphatic carbocycles. The van der Waals surface area contributed by atoms with E-state index in [0.29, 0.717) is 5.56 Å². The standard InChI is InChI=1S/C14H19NO2/c1-10-9-12(16)6-7-13(10)14(17)15-8-2-3-11-4-5-11/h6-7,9,11,16H,2-5,8H2,1H3,(H,15,17).